The van der Waals surface area contributed by atoms with Gasteiger partial charge >= 0.3 is 7.82 Å². The quantitative estimate of drug-likeness (QED) is 0.220. The smallest absolute Gasteiger partial charge is 0.469 e. The van der Waals surface area contributed by atoms with E-state index in [2.05, 4.69) is 11.1 Å². The van der Waals surface area contributed by atoms with E-state index in [1.165, 1.54) is 5.57 Å². The molecule has 0 saturated carbocycles. The van der Waals surface area contributed by atoms with Crippen LogP contribution in [0.5, 0.6) is 5.75 Å². The van der Waals surface area contributed by atoms with Gasteiger partial charge in [-0.3, -0.25) is 4.52 Å². The van der Waals surface area contributed by atoms with Crippen molar-refractivity contribution in [3.8, 4) is 5.75 Å². The number of aliphatic hydroxyl groups excluding tert-OH is 1. The highest BCUT2D eigenvalue weighted by Gasteiger charge is 2.28. The molecule has 0 bridgehead atoms. The summed E-state index contributed by atoms with van der Waals surface area (Å²) in [5, 5.41) is 9.40. The first kappa shape index (κ1) is 26.8. The maximum Gasteiger partial charge on any atom is 0.469 e. The van der Waals surface area contributed by atoms with Crippen molar-refractivity contribution in [2.24, 2.45) is 5.73 Å². The lowest BCUT2D eigenvalue weighted by Gasteiger charge is -2.27. The highest BCUT2D eigenvalue weighted by molar-refractivity contribution is 7.46. The predicted molar refractivity (Wildman–Crippen MR) is 112 cm³/mol. The minimum Gasteiger partial charge on any atom is -0.494 e. The standard InChI is InChI=1S/C18H30NO6P.C2H6/c1-15(2)5-3-4-12-24-17-8-6-16(7-9-17)10-11-18(19,13-20)14-25-26(21,22)23;1-2/h6-9,20H,1,3-5,10-14,19H2,2H3,(H2,21,22,23);1-2H3. The van der Waals surface area contributed by atoms with Crippen LogP contribution in [0.2, 0.25) is 0 Å². The Morgan fingerprint density at radius 1 is 1.21 bits per heavy atom. The number of hydrogen-bond donors (Lipinski definition) is 4. The zero-order valence-corrected chi connectivity index (χ0v) is 18.2. The number of ether oxygens (including phenoxy) is 1. The molecule has 0 saturated heterocycles. The average molecular weight is 417 g/mol. The number of hydrogen-bond acceptors (Lipinski definition) is 5. The fraction of sp³-hybridized carbons (Fsp3) is 0.600. The zero-order chi connectivity index (χ0) is 21.6. The summed E-state index contributed by atoms with van der Waals surface area (Å²) < 4.78 is 20.9. The van der Waals surface area contributed by atoms with Gasteiger partial charge in [0.2, 0.25) is 0 Å². The van der Waals surface area contributed by atoms with Gasteiger partial charge in [-0.25, -0.2) is 4.57 Å². The van der Waals surface area contributed by atoms with Crippen LogP contribution >= 0.6 is 7.82 Å². The van der Waals surface area contributed by atoms with Crippen LogP contribution in [-0.4, -0.2) is 40.3 Å². The lowest BCUT2D eigenvalue weighted by molar-refractivity contribution is 0.102. The van der Waals surface area contributed by atoms with Gasteiger partial charge in [0.1, 0.15) is 5.75 Å². The van der Waals surface area contributed by atoms with Gasteiger partial charge in [0.15, 0.2) is 0 Å². The molecule has 0 aliphatic carbocycles. The molecule has 1 atom stereocenters. The fourth-order valence-electron chi connectivity index (χ4n) is 2.27. The van der Waals surface area contributed by atoms with Gasteiger partial charge in [-0.05, 0) is 56.7 Å². The summed E-state index contributed by atoms with van der Waals surface area (Å²) in [5.41, 5.74) is 6.90. The molecule has 0 aromatic heterocycles. The molecule has 0 spiro atoms. The molecule has 8 heteroatoms. The topological polar surface area (TPSA) is 122 Å². The maximum absolute atomic E-state index is 10.8. The molecular formula is C20H36NO6P. The third kappa shape index (κ3) is 13.0. The number of allylic oxidation sites excluding steroid dienone is 1. The summed E-state index contributed by atoms with van der Waals surface area (Å²) >= 11 is 0. The van der Waals surface area contributed by atoms with E-state index in [4.69, 9.17) is 20.3 Å². The van der Waals surface area contributed by atoms with Crippen LogP contribution in [0, 0.1) is 0 Å². The minimum atomic E-state index is -4.61. The van der Waals surface area contributed by atoms with E-state index < -0.39 is 26.6 Å². The predicted octanol–water partition coefficient (Wildman–Crippen LogP) is 3.57. The zero-order valence-electron chi connectivity index (χ0n) is 17.3. The Morgan fingerprint density at radius 2 is 1.82 bits per heavy atom. The first-order valence-electron chi connectivity index (χ1n) is 9.59. The van der Waals surface area contributed by atoms with Gasteiger partial charge in [0.25, 0.3) is 0 Å². The third-order valence-electron chi connectivity index (χ3n) is 3.94. The number of aryl methyl sites for hydroxylation is 1. The molecule has 1 aromatic carbocycles. The SMILES string of the molecule is C=C(C)CCCCOc1ccc(CCC(N)(CO)COP(=O)(O)O)cc1.CC. The van der Waals surface area contributed by atoms with Crippen LogP contribution in [0.1, 0.15) is 52.0 Å². The molecule has 0 fully saturated rings. The summed E-state index contributed by atoms with van der Waals surface area (Å²) in [5.74, 6) is 0.787. The van der Waals surface area contributed by atoms with Crippen molar-refractivity contribution in [3.63, 3.8) is 0 Å². The second-order valence-corrected chi connectivity index (χ2v) is 7.93. The first-order chi connectivity index (χ1) is 13.1. The summed E-state index contributed by atoms with van der Waals surface area (Å²) in [6.45, 7) is 9.70. The molecule has 7 nitrogen and oxygen atoms in total. The van der Waals surface area contributed by atoms with Gasteiger partial charge in [0, 0.05) is 0 Å². The number of rotatable bonds is 13. The van der Waals surface area contributed by atoms with Crippen LogP contribution in [0.25, 0.3) is 0 Å². The second-order valence-electron chi connectivity index (χ2n) is 6.69. The van der Waals surface area contributed by atoms with Crippen molar-refractivity contribution in [2.75, 3.05) is 19.8 Å². The lowest BCUT2D eigenvalue weighted by Crippen LogP contribution is -2.48. The van der Waals surface area contributed by atoms with E-state index in [0.29, 0.717) is 19.4 Å². The van der Waals surface area contributed by atoms with E-state index in [0.717, 1.165) is 30.6 Å². The Labute approximate surface area is 168 Å². The van der Waals surface area contributed by atoms with Gasteiger partial charge in [0.05, 0.1) is 25.4 Å². The van der Waals surface area contributed by atoms with Gasteiger partial charge < -0.3 is 25.4 Å². The van der Waals surface area contributed by atoms with Crippen LogP contribution < -0.4 is 10.5 Å². The number of phosphoric ester groups is 1. The Morgan fingerprint density at radius 3 is 2.32 bits per heavy atom. The average Bonchev–Trinajstić information content (AvgIpc) is 2.66. The Balaban J connectivity index is 0.00000352. The molecular weight excluding hydrogens is 381 g/mol. The number of benzene rings is 1. The molecule has 5 N–H and O–H groups in total. The Hall–Kier alpha value is -1.21. The molecule has 1 aromatic rings. The first-order valence-corrected chi connectivity index (χ1v) is 11.1. The molecule has 1 rings (SSSR count). The summed E-state index contributed by atoms with van der Waals surface area (Å²) in [6.07, 6.45) is 3.91. The van der Waals surface area contributed by atoms with Crippen molar-refractivity contribution in [1.82, 2.24) is 0 Å². The van der Waals surface area contributed by atoms with Gasteiger partial charge in [-0.1, -0.05) is 31.6 Å². The van der Waals surface area contributed by atoms with E-state index in [-0.39, 0.29) is 0 Å². The summed E-state index contributed by atoms with van der Waals surface area (Å²) in [4.78, 5) is 17.5. The molecule has 0 aliphatic rings. The Bertz CT molecular complexity index is 601. The summed E-state index contributed by atoms with van der Waals surface area (Å²) in [7, 11) is -4.61. The number of aliphatic hydroxyl groups is 1. The largest absolute Gasteiger partial charge is 0.494 e. The second kappa shape index (κ2) is 13.9. The van der Waals surface area contributed by atoms with E-state index in [9.17, 15) is 9.67 Å². The molecule has 0 amide bonds. The molecule has 1 unspecified atom stereocenters. The number of phosphoric acid groups is 1. The molecule has 28 heavy (non-hydrogen) atoms. The van der Waals surface area contributed by atoms with Crippen LogP contribution in [0.15, 0.2) is 36.4 Å². The maximum atomic E-state index is 10.8. The molecule has 162 valence electrons. The molecule has 0 aliphatic heterocycles. The normalized spacial score (nSPS) is 13.2. The highest BCUT2D eigenvalue weighted by Crippen LogP contribution is 2.36. The lowest BCUT2D eigenvalue weighted by atomic mass is 9.94. The van der Waals surface area contributed by atoms with Crippen LogP contribution in [-0.2, 0) is 15.5 Å². The molecule has 0 heterocycles. The summed E-state index contributed by atoms with van der Waals surface area (Å²) in [6, 6.07) is 7.56. The highest BCUT2D eigenvalue weighted by atomic mass is 31.2. The van der Waals surface area contributed by atoms with E-state index in [1.807, 2.05) is 45.0 Å². The van der Waals surface area contributed by atoms with Crippen molar-refractivity contribution in [1.29, 1.82) is 0 Å². The van der Waals surface area contributed by atoms with Gasteiger partial charge in [-0.2, -0.15) is 0 Å². The molecule has 0 radical (unpaired) electrons. The Kier molecular flexibility index (Phi) is 13.3. The van der Waals surface area contributed by atoms with Crippen LogP contribution in [0.4, 0.5) is 0 Å². The minimum absolute atomic E-state index is 0.324. The van der Waals surface area contributed by atoms with Crippen LogP contribution in [0.3, 0.4) is 0 Å². The van der Waals surface area contributed by atoms with Crippen molar-refractivity contribution in [3.05, 3.63) is 42.0 Å². The van der Waals surface area contributed by atoms with Gasteiger partial charge in [-0.15, -0.1) is 6.58 Å². The third-order valence-corrected chi connectivity index (χ3v) is 4.40. The fourth-order valence-corrected chi connectivity index (χ4v) is 2.70. The van der Waals surface area contributed by atoms with E-state index >= 15 is 0 Å². The van der Waals surface area contributed by atoms with Crippen molar-refractivity contribution >= 4 is 7.82 Å². The van der Waals surface area contributed by atoms with Crippen molar-refractivity contribution in [2.45, 2.75) is 58.4 Å². The van der Waals surface area contributed by atoms with Crippen molar-refractivity contribution < 1.29 is 28.7 Å². The van der Waals surface area contributed by atoms with E-state index in [1.54, 1.807) is 0 Å². The number of unbranched alkanes of at least 4 members (excludes halogenated alkanes) is 1. The number of nitrogens with two attached hydrogens (primary N) is 1. The monoisotopic (exact) mass is 417 g/mol.